The van der Waals surface area contributed by atoms with Crippen LogP contribution in [0.1, 0.15) is 70.0 Å². The van der Waals surface area contributed by atoms with Gasteiger partial charge in [-0.2, -0.15) is 0 Å². The Bertz CT molecular complexity index is 1930. The molecule has 7 N–H and O–H groups in total. The zero-order chi connectivity index (χ0) is 41.7. The average Bonchev–Trinajstić information content (AvgIpc) is 3.43. The minimum atomic E-state index is -5.13. The number of phenolic OH excluding ortho intramolecular Hbond substituents is 1. The number of rotatable bonds is 8. The number of halogens is 2. The van der Waals surface area contributed by atoms with E-state index in [4.69, 9.17) is 48.0 Å². The molecule has 304 valence electrons. The molecule has 3 fully saturated rings. The Kier molecular flexibility index (Phi) is 14.6. The second kappa shape index (κ2) is 18.2. The van der Waals surface area contributed by atoms with Gasteiger partial charge >= 0.3 is 80.2 Å². The number of hydrogen-bond donors (Lipinski definition) is 7. The van der Waals surface area contributed by atoms with Crippen molar-refractivity contribution in [2.45, 2.75) is 80.9 Å². The minimum absolute atomic E-state index is 0.103. The Morgan fingerprint density at radius 3 is 2.25 bits per heavy atom. The third-order valence-electron chi connectivity index (χ3n) is 11.7. The maximum absolute atomic E-state index is 11.7. The first-order valence-corrected chi connectivity index (χ1v) is 22.0. The molecule has 4 aliphatic rings. The van der Waals surface area contributed by atoms with Crippen LogP contribution in [-0.4, -0.2) is 87.4 Å². The van der Waals surface area contributed by atoms with E-state index in [1.807, 2.05) is 6.08 Å². The quantitative estimate of drug-likeness (QED) is 0.0661. The molecular weight excluding hydrogens is 840 g/mol. The molecule has 4 aliphatic carbocycles. The van der Waals surface area contributed by atoms with Crippen LogP contribution in [0.15, 0.2) is 54.1 Å². The number of carbonyl (C=O) groups excluding carboxylic acids is 2. The van der Waals surface area contributed by atoms with Crippen LogP contribution in [0.2, 0.25) is 0 Å². The normalized spacial score (nSPS) is 27.6. The number of aliphatic hydroxyl groups excluding tert-OH is 2. The van der Waals surface area contributed by atoms with E-state index < -0.39 is 74.9 Å². The van der Waals surface area contributed by atoms with Gasteiger partial charge in [-0.3, -0.25) is 19.7 Å². The van der Waals surface area contributed by atoms with Gasteiger partial charge in [-0.1, -0.05) is 41.6 Å². The van der Waals surface area contributed by atoms with Crippen molar-refractivity contribution in [1.29, 1.82) is 0 Å². The molecule has 56 heavy (non-hydrogen) atoms. The van der Waals surface area contributed by atoms with Gasteiger partial charge < -0.3 is 20.6 Å². The first kappa shape index (κ1) is 44.9. The molecule has 0 spiro atoms. The Morgan fingerprint density at radius 1 is 1.04 bits per heavy atom. The van der Waals surface area contributed by atoms with Gasteiger partial charge in [0.25, 0.3) is 11.6 Å². The van der Waals surface area contributed by atoms with Gasteiger partial charge in [0.05, 0.1) is 17.6 Å². The molecule has 0 unspecified atom stereocenters. The molecule has 16 nitrogen and oxygen atoms in total. The molecule has 1 amide bonds. The number of aliphatic hydroxyl groups is 3. The van der Waals surface area contributed by atoms with E-state index in [2.05, 4.69) is 18.2 Å². The number of terminal acetylenes is 1. The van der Waals surface area contributed by atoms with Gasteiger partial charge in [-0.05, 0) is 92.4 Å². The van der Waals surface area contributed by atoms with Crippen LogP contribution in [0.3, 0.4) is 0 Å². The van der Waals surface area contributed by atoms with Crippen molar-refractivity contribution >= 4 is 64.8 Å². The number of alkyl halides is 2. The van der Waals surface area contributed by atoms with Gasteiger partial charge in [0.1, 0.15) is 11.7 Å². The molecule has 3 saturated carbocycles. The van der Waals surface area contributed by atoms with Crippen molar-refractivity contribution in [1.82, 2.24) is 5.32 Å². The van der Waals surface area contributed by atoms with Gasteiger partial charge in [0.2, 0.25) is 0 Å². The molecular formula is C37H44AsCl2N3O13. The molecule has 2 aromatic rings. The van der Waals surface area contributed by atoms with Gasteiger partial charge in [-0.15, -0.1) is 6.42 Å². The molecule has 0 heterocycles. The van der Waals surface area contributed by atoms with E-state index in [-0.39, 0.29) is 11.1 Å². The number of ketones is 1. The molecule has 8 atom stereocenters. The average molecular weight is 885 g/mol. The molecule has 0 aromatic heterocycles. The van der Waals surface area contributed by atoms with Crippen LogP contribution in [0.4, 0.5) is 11.4 Å². The van der Waals surface area contributed by atoms with E-state index in [0.29, 0.717) is 41.1 Å². The number of nitrogens with zero attached hydrogens (tertiary/aromatic N) is 2. The van der Waals surface area contributed by atoms with Crippen molar-refractivity contribution in [3.8, 4) is 18.1 Å². The standard InChI is InChI=1S/C20H26O2.C11H12Cl2N2O5.C6H6AsNO6/c1-3-20(22)11-9-18-17-6-4-13-12-14(21)5-7-15(13)16(17)8-10-19(18,20)2;12-10(13)11(18)14-8(5-16)9(17)6-1-3-7(4-2-6)15(19)20;9-6-2-1-4(7(10,11)12)3-5(6)8(13)14/h1,12,15-18,22H,4-11H2,2H3;1-4,8-10,16-17H,5H2,(H,14,18);1-3,9H,(H2,10,11,12)/t15-,16+,17+,18-,19-,20-;8-,9-;/m01./s1. The van der Waals surface area contributed by atoms with E-state index >= 15 is 0 Å². The Balaban J connectivity index is 0.000000192. The van der Waals surface area contributed by atoms with Crippen molar-refractivity contribution < 1.29 is 51.8 Å². The summed E-state index contributed by atoms with van der Waals surface area (Å²) in [6, 6.07) is 6.57. The van der Waals surface area contributed by atoms with Crippen molar-refractivity contribution in [3.63, 3.8) is 0 Å². The molecule has 0 bridgehead atoms. The summed E-state index contributed by atoms with van der Waals surface area (Å²) in [4.78, 5) is 41.0. The van der Waals surface area contributed by atoms with Crippen LogP contribution in [0.25, 0.3) is 0 Å². The predicted octanol–water partition coefficient (Wildman–Crippen LogP) is 3.26. The third kappa shape index (κ3) is 9.83. The summed E-state index contributed by atoms with van der Waals surface area (Å²) in [5, 5.41) is 62.1. The number of fused-ring (bicyclic) bond motifs is 5. The number of nitro groups is 2. The summed E-state index contributed by atoms with van der Waals surface area (Å²) < 4.78 is 27.8. The fourth-order valence-corrected chi connectivity index (χ4v) is 10.1. The number of nitrogens with one attached hydrogen (secondary N) is 1. The molecule has 0 saturated heterocycles. The fraction of sp³-hybridized carbons (Fsp3) is 0.514. The Labute approximate surface area is 335 Å². The fourth-order valence-electron chi connectivity index (χ4n) is 8.77. The van der Waals surface area contributed by atoms with Crippen molar-refractivity contribution in [2.75, 3.05) is 6.61 Å². The molecule has 0 radical (unpaired) electrons. The first-order chi connectivity index (χ1) is 26.2. The van der Waals surface area contributed by atoms with Crippen molar-refractivity contribution in [3.05, 3.63) is 79.9 Å². The number of carbonyl (C=O) groups is 2. The molecule has 2 aromatic carbocycles. The van der Waals surface area contributed by atoms with Crippen molar-refractivity contribution in [2.24, 2.45) is 29.1 Å². The zero-order valence-corrected chi connectivity index (χ0v) is 33.6. The monoisotopic (exact) mass is 883 g/mol. The number of aromatic hydroxyl groups is 1. The number of phenols is 1. The summed E-state index contributed by atoms with van der Waals surface area (Å²) in [5.41, 5.74) is -0.128. The van der Waals surface area contributed by atoms with E-state index in [9.17, 15) is 43.8 Å². The summed E-state index contributed by atoms with van der Waals surface area (Å²) in [6.07, 6.45) is 14.5. The van der Waals surface area contributed by atoms with Gasteiger partial charge in [0, 0.05) is 24.0 Å². The summed E-state index contributed by atoms with van der Waals surface area (Å²) in [7, 11) is 0. The second-order valence-corrected chi connectivity index (χ2v) is 19.1. The van der Waals surface area contributed by atoms with Crippen LogP contribution >= 0.6 is 23.2 Å². The Morgan fingerprint density at radius 2 is 1.70 bits per heavy atom. The summed E-state index contributed by atoms with van der Waals surface area (Å²) in [5.74, 6) is 4.28. The first-order valence-electron chi connectivity index (χ1n) is 17.8. The maximum atomic E-state index is 11.7. The predicted molar refractivity (Wildman–Crippen MR) is 204 cm³/mol. The van der Waals surface area contributed by atoms with Crippen LogP contribution < -0.4 is 9.67 Å². The zero-order valence-electron chi connectivity index (χ0n) is 30.2. The van der Waals surface area contributed by atoms with Crippen LogP contribution in [0, 0.1) is 61.7 Å². The number of nitro benzene ring substituents is 2. The SMILES string of the molecule is C#C[C@]1(O)CC[C@H]2[C@@H]3CCC4=CC(=O)CC[C@@H]4[C@H]3CC[C@@]21C.O=C(N[C@H](CO)[C@H](O)c1ccc([N+](=O)[O-])cc1)C(Cl)Cl.O=[N+]([O-])c1cc([As](=O)(O)O)ccc1O. The number of allylic oxidation sites excluding steroid dienone is 1. The van der Waals surface area contributed by atoms with Gasteiger partial charge in [0.15, 0.2) is 10.6 Å². The van der Waals surface area contributed by atoms with Crippen LogP contribution in [0.5, 0.6) is 5.75 Å². The van der Waals surface area contributed by atoms with E-state index in [0.717, 1.165) is 57.1 Å². The number of amides is 1. The topological polar surface area (TPSA) is 271 Å². The summed E-state index contributed by atoms with van der Waals surface area (Å²) in [6.45, 7) is 1.68. The molecule has 19 heteroatoms. The van der Waals surface area contributed by atoms with E-state index in [1.54, 1.807) is 0 Å². The van der Waals surface area contributed by atoms with E-state index in [1.165, 1.54) is 36.3 Å². The van der Waals surface area contributed by atoms with Crippen LogP contribution in [-0.2, 0) is 13.3 Å². The molecule has 0 aliphatic heterocycles. The van der Waals surface area contributed by atoms with Gasteiger partial charge in [-0.25, -0.2) is 0 Å². The Hall–Kier alpha value is -3.78. The molecule has 6 rings (SSSR count). The second-order valence-electron chi connectivity index (χ2n) is 14.7. The third-order valence-corrected chi connectivity index (χ3v) is 14.1. The number of hydrogen-bond acceptors (Lipinski definition) is 11. The number of benzene rings is 2. The number of non-ortho nitro benzene ring substituents is 1. The summed E-state index contributed by atoms with van der Waals surface area (Å²) >= 11 is 5.57.